The van der Waals surface area contributed by atoms with Crippen molar-refractivity contribution in [1.29, 1.82) is 0 Å². The number of ether oxygens (including phenoxy) is 1. The fraction of sp³-hybridized carbons (Fsp3) is 0.632. The zero-order valence-electron chi connectivity index (χ0n) is 13.4. The zero-order chi connectivity index (χ0) is 16.2. The molecular formula is C19H24F2O2. The molecule has 23 heavy (non-hydrogen) atoms. The maximum Gasteiger partial charge on any atom is 0.314 e. The van der Waals surface area contributed by atoms with Gasteiger partial charge in [-0.3, -0.25) is 4.79 Å². The van der Waals surface area contributed by atoms with Crippen LogP contribution in [0.2, 0.25) is 0 Å². The molecule has 2 aliphatic carbocycles. The molecule has 0 aromatic heterocycles. The van der Waals surface area contributed by atoms with Crippen LogP contribution in [0.25, 0.3) is 0 Å². The molecular weight excluding hydrogens is 298 g/mol. The van der Waals surface area contributed by atoms with Crippen molar-refractivity contribution in [1.82, 2.24) is 0 Å². The third-order valence-electron chi connectivity index (χ3n) is 5.53. The van der Waals surface area contributed by atoms with Crippen LogP contribution in [0.1, 0.15) is 57.8 Å². The molecule has 1 aromatic carbocycles. The van der Waals surface area contributed by atoms with Gasteiger partial charge in [0.2, 0.25) is 0 Å². The second kappa shape index (κ2) is 7.41. The van der Waals surface area contributed by atoms with E-state index >= 15 is 0 Å². The lowest BCUT2D eigenvalue weighted by Gasteiger charge is -2.35. The molecule has 0 N–H and O–H groups in total. The van der Waals surface area contributed by atoms with E-state index in [-0.39, 0.29) is 17.6 Å². The summed E-state index contributed by atoms with van der Waals surface area (Å²) in [5, 5.41) is 0. The minimum absolute atomic E-state index is 0.0864. The van der Waals surface area contributed by atoms with Crippen molar-refractivity contribution in [3.8, 4) is 5.75 Å². The Kier molecular flexibility index (Phi) is 5.29. The van der Waals surface area contributed by atoms with Gasteiger partial charge in [-0.25, -0.2) is 8.78 Å². The van der Waals surface area contributed by atoms with Crippen LogP contribution in [0.4, 0.5) is 8.78 Å². The van der Waals surface area contributed by atoms with Crippen LogP contribution in [0.5, 0.6) is 5.75 Å². The van der Waals surface area contributed by atoms with E-state index < -0.39 is 11.6 Å². The summed E-state index contributed by atoms with van der Waals surface area (Å²) < 4.78 is 31.3. The summed E-state index contributed by atoms with van der Waals surface area (Å²) in [7, 11) is 0. The van der Waals surface area contributed by atoms with Gasteiger partial charge in [0.25, 0.3) is 0 Å². The molecule has 0 bridgehead atoms. The van der Waals surface area contributed by atoms with Crippen LogP contribution >= 0.6 is 0 Å². The maximum atomic E-state index is 13.2. The van der Waals surface area contributed by atoms with E-state index in [2.05, 4.69) is 0 Å². The average molecular weight is 322 g/mol. The van der Waals surface area contributed by atoms with E-state index in [4.69, 9.17) is 4.74 Å². The van der Waals surface area contributed by atoms with Gasteiger partial charge in [-0.05, 0) is 49.7 Å². The van der Waals surface area contributed by atoms with E-state index in [0.717, 1.165) is 49.7 Å². The third kappa shape index (κ3) is 4.10. The number of carbonyl (C=O) groups is 1. The van der Waals surface area contributed by atoms with E-state index in [9.17, 15) is 13.6 Å². The van der Waals surface area contributed by atoms with Gasteiger partial charge in [0.15, 0.2) is 11.6 Å². The van der Waals surface area contributed by atoms with Gasteiger partial charge < -0.3 is 4.74 Å². The van der Waals surface area contributed by atoms with E-state index in [1.807, 2.05) is 0 Å². The van der Waals surface area contributed by atoms with Crippen LogP contribution in [0, 0.1) is 29.4 Å². The summed E-state index contributed by atoms with van der Waals surface area (Å²) in [5.41, 5.74) is 0. The summed E-state index contributed by atoms with van der Waals surface area (Å²) in [6, 6.07) is 3.21. The molecule has 1 aromatic rings. The van der Waals surface area contributed by atoms with Crippen molar-refractivity contribution in [2.45, 2.75) is 57.8 Å². The first kappa shape index (κ1) is 16.4. The molecule has 3 rings (SSSR count). The van der Waals surface area contributed by atoms with Crippen molar-refractivity contribution in [3.05, 3.63) is 29.8 Å². The fourth-order valence-corrected chi connectivity index (χ4v) is 4.17. The highest BCUT2D eigenvalue weighted by Crippen LogP contribution is 2.40. The van der Waals surface area contributed by atoms with Gasteiger partial charge in [0.05, 0.1) is 5.92 Å². The van der Waals surface area contributed by atoms with Crippen LogP contribution in [-0.2, 0) is 4.79 Å². The highest BCUT2D eigenvalue weighted by Gasteiger charge is 2.32. The van der Waals surface area contributed by atoms with Crippen molar-refractivity contribution in [2.24, 2.45) is 17.8 Å². The largest absolute Gasteiger partial charge is 0.426 e. The molecule has 2 saturated carbocycles. The summed E-state index contributed by atoms with van der Waals surface area (Å²) >= 11 is 0. The number of hydrogen-bond donors (Lipinski definition) is 0. The van der Waals surface area contributed by atoms with Crippen LogP contribution in [-0.4, -0.2) is 5.97 Å². The minimum atomic E-state index is -0.990. The van der Waals surface area contributed by atoms with E-state index in [1.54, 1.807) is 0 Å². The summed E-state index contributed by atoms with van der Waals surface area (Å²) in [4.78, 5) is 12.2. The summed E-state index contributed by atoms with van der Waals surface area (Å²) in [6.07, 6.45) is 10.6. The van der Waals surface area contributed by atoms with Gasteiger partial charge in [-0.1, -0.05) is 32.1 Å². The van der Waals surface area contributed by atoms with Gasteiger partial charge >= 0.3 is 5.97 Å². The quantitative estimate of drug-likeness (QED) is 0.561. The number of halogens is 2. The molecule has 0 unspecified atom stereocenters. The SMILES string of the molecule is O=C(Oc1ccc(F)c(F)c1)C1CCC(C2CCCCC2)CC1. The highest BCUT2D eigenvalue weighted by molar-refractivity contribution is 5.75. The highest BCUT2D eigenvalue weighted by atomic mass is 19.2. The fourth-order valence-electron chi connectivity index (χ4n) is 4.17. The second-order valence-electron chi connectivity index (χ2n) is 7.01. The summed E-state index contributed by atoms with van der Waals surface area (Å²) in [6.45, 7) is 0. The van der Waals surface area contributed by atoms with E-state index in [1.165, 1.54) is 38.2 Å². The number of benzene rings is 1. The van der Waals surface area contributed by atoms with Crippen molar-refractivity contribution < 1.29 is 18.3 Å². The van der Waals surface area contributed by atoms with E-state index in [0.29, 0.717) is 0 Å². The number of carbonyl (C=O) groups excluding carboxylic acids is 1. The van der Waals surface area contributed by atoms with Crippen molar-refractivity contribution >= 4 is 5.97 Å². The Balaban J connectivity index is 1.50. The molecule has 0 atom stereocenters. The Morgan fingerprint density at radius 1 is 0.870 bits per heavy atom. The molecule has 0 saturated heterocycles. The average Bonchev–Trinajstić information content (AvgIpc) is 2.59. The van der Waals surface area contributed by atoms with Gasteiger partial charge in [0.1, 0.15) is 5.75 Å². The molecule has 2 aliphatic rings. The molecule has 0 aliphatic heterocycles. The predicted octanol–water partition coefficient (Wildman–Crippen LogP) is 5.26. The first-order chi connectivity index (χ1) is 11.1. The molecule has 4 heteroatoms. The maximum absolute atomic E-state index is 13.2. The molecule has 2 fully saturated rings. The second-order valence-corrected chi connectivity index (χ2v) is 7.01. The monoisotopic (exact) mass is 322 g/mol. The van der Waals surface area contributed by atoms with Gasteiger partial charge in [-0.2, -0.15) is 0 Å². The van der Waals surface area contributed by atoms with Crippen LogP contribution < -0.4 is 4.74 Å². The first-order valence-electron chi connectivity index (χ1n) is 8.80. The predicted molar refractivity (Wildman–Crippen MR) is 84.0 cm³/mol. The molecule has 0 heterocycles. The third-order valence-corrected chi connectivity index (χ3v) is 5.53. The lowest BCUT2D eigenvalue weighted by atomic mass is 9.71. The lowest BCUT2D eigenvalue weighted by molar-refractivity contribution is -0.140. The van der Waals surface area contributed by atoms with Gasteiger partial charge in [-0.15, -0.1) is 0 Å². The lowest BCUT2D eigenvalue weighted by Crippen LogP contribution is -2.29. The normalized spacial score (nSPS) is 26.0. The Hall–Kier alpha value is -1.45. The molecule has 126 valence electrons. The Morgan fingerprint density at radius 3 is 2.17 bits per heavy atom. The van der Waals surface area contributed by atoms with Gasteiger partial charge in [0, 0.05) is 6.07 Å². The first-order valence-corrected chi connectivity index (χ1v) is 8.80. The van der Waals surface area contributed by atoms with Crippen LogP contribution in [0.15, 0.2) is 18.2 Å². The molecule has 0 spiro atoms. The summed E-state index contributed by atoms with van der Waals surface area (Å²) in [5.74, 6) is -0.659. The zero-order valence-corrected chi connectivity index (χ0v) is 13.4. The molecule has 0 radical (unpaired) electrons. The van der Waals surface area contributed by atoms with Crippen molar-refractivity contribution in [3.63, 3.8) is 0 Å². The number of esters is 1. The Bertz CT molecular complexity index is 544. The molecule has 0 amide bonds. The standard InChI is InChI=1S/C19H24F2O2/c20-17-11-10-16(12-18(17)21)23-19(22)15-8-6-14(7-9-15)13-4-2-1-3-5-13/h10-15H,1-9H2. The Morgan fingerprint density at radius 2 is 1.52 bits per heavy atom. The topological polar surface area (TPSA) is 26.3 Å². The van der Waals surface area contributed by atoms with Crippen molar-refractivity contribution in [2.75, 3.05) is 0 Å². The van der Waals surface area contributed by atoms with Crippen LogP contribution in [0.3, 0.4) is 0 Å². The molecule has 2 nitrogen and oxygen atoms in total. The number of hydrogen-bond acceptors (Lipinski definition) is 2. The smallest absolute Gasteiger partial charge is 0.314 e. The Labute approximate surface area is 136 Å². The number of rotatable bonds is 3. The minimum Gasteiger partial charge on any atom is -0.426 e.